The highest BCUT2D eigenvalue weighted by Gasteiger charge is 2.41. The predicted molar refractivity (Wildman–Crippen MR) is 156 cm³/mol. The smallest absolute Gasteiger partial charge is 0.309 e. The number of pyridine rings is 1. The fourth-order valence-corrected chi connectivity index (χ4v) is 6.12. The third-order valence-electron chi connectivity index (χ3n) is 8.71. The highest BCUT2D eigenvalue weighted by molar-refractivity contribution is 5.85. The largest absolute Gasteiger partial charge is 0.497 e. The average Bonchev–Trinajstić information content (AvgIpc) is 3.00. The van der Waals surface area contributed by atoms with Crippen LogP contribution in [0.3, 0.4) is 0 Å². The lowest BCUT2D eigenvalue weighted by atomic mass is 9.74. The maximum absolute atomic E-state index is 13.4. The number of rotatable bonds is 12. The Balaban J connectivity index is 1.25. The molecule has 5 rings (SSSR count). The van der Waals surface area contributed by atoms with Crippen molar-refractivity contribution in [2.75, 3.05) is 59.7 Å². The fourth-order valence-electron chi connectivity index (χ4n) is 6.12. The number of methoxy groups -OCH3 is 1. The minimum absolute atomic E-state index is 0.123. The molecule has 3 heterocycles. The van der Waals surface area contributed by atoms with Crippen LogP contribution in [-0.2, 0) is 16.1 Å². The molecule has 2 fully saturated rings. The number of likely N-dealkylation sites (tertiary alicyclic amines) is 1. The monoisotopic (exact) mass is 599 g/mol. The predicted octanol–water partition coefficient (Wildman–Crippen LogP) is 4.41. The molecular formula is C32H39F2N3O6. The maximum atomic E-state index is 13.4. The minimum Gasteiger partial charge on any atom is -0.497 e. The first-order chi connectivity index (χ1) is 20.8. The molecular weight excluding hydrogens is 560 g/mol. The number of carboxylic acid groups (broad SMARTS) is 1. The number of hydrogen-bond acceptors (Lipinski definition) is 8. The Hall–Kier alpha value is -3.38. The van der Waals surface area contributed by atoms with E-state index in [1.54, 1.807) is 7.11 Å². The Morgan fingerprint density at radius 2 is 1.77 bits per heavy atom. The van der Waals surface area contributed by atoms with E-state index in [-0.39, 0.29) is 18.8 Å². The van der Waals surface area contributed by atoms with Crippen LogP contribution in [0.25, 0.3) is 10.9 Å². The van der Waals surface area contributed by atoms with E-state index >= 15 is 0 Å². The van der Waals surface area contributed by atoms with Gasteiger partial charge in [0, 0.05) is 56.0 Å². The molecule has 3 aromatic rings. The molecule has 2 aliphatic heterocycles. The summed E-state index contributed by atoms with van der Waals surface area (Å²) in [5, 5.41) is 22.8. The second-order valence-electron chi connectivity index (χ2n) is 11.4. The summed E-state index contributed by atoms with van der Waals surface area (Å²) in [6, 6.07) is 8.64. The third kappa shape index (κ3) is 7.59. The lowest BCUT2D eigenvalue weighted by Gasteiger charge is -2.39. The number of ether oxygens (including phenoxy) is 3. The van der Waals surface area contributed by atoms with Gasteiger partial charge >= 0.3 is 5.97 Å². The van der Waals surface area contributed by atoms with E-state index in [2.05, 4.69) is 14.8 Å². The lowest BCUT2D eigenvalue weighted by Crippen LogP contribution is -2.45. The Labute approximate surface area is 250 Å². The number of carbonyl (C=O) groups is 1. The summed E-state index contributed by atoms with van der Waals surface area (Å²) in [6.07, 6.45) is 2.38. The van der Waals surface area contributed by atoms with E-state index < -0.39 is 29.1 Å². The number of hydrogen-bond donors (Lipinski definition) is 2. The van der Waals surface area contributed by atoms with Gasteiger partial charge in [-0.15, -0.1) is 0 Å². The zero-order valence-electron chi connectivity index (χ0n) is 24.4. The van der Waals surface area contributed by atoms with Crippen LogP contribution in [0, 0.1) is 17.0 Å². The topological polar surface area (TPSA) is 105 Å². The number of carboxylic acids is 1. The van der Waals surface area contributed by atoms with Gasteiger partial charge < -0.3 is 24.4 Å². The Kier molecular flexibility index (Phi) is 10.1. The van der Waals surface area contributed by atoms with Gasteiger partial charge in [-0.1, -0.05) is 0 Å². The third-order valence-corrected chi connectivity index (χ3v) is 8.71. The highest BCUT2D eigenvalue weighted by atomic mass is 19.1. The summed E-state index contributed by atoms with van der Waals surface area (Å²) in [6.45, 7) is 5.31. The van der Waals surface area contributed by atoms with Crippen LogP contribution in [-0.4, -0.2) is 90.6 Å². The molecule has 232 valence electrons. The molecule has 2 saturated heterocycles. The van der Waals surface area contributed by atoms with Gasteiger partial charge in [-0.3, -0.25) is 19.6 Å². The number of fused-ring (bicyclic) bond motifs is 1. The number of benzene rings is 2. The molecule has 0 saturated carbocycles. The van der Waals surface area contributed by atoms with E-state index in [1.165, 1.54) is 0 Å². The zero-order valence-corrected chi connectivity index (χ0v) is 24.4. The van der Waals surface area contributed by atoms with Crippen molar-refractivity contribution in [2.45, 2.75) is 38.3 Å². The van der Waals surface area contributed by atoms with Crippen molar-refractivity contribution in [3.05, 3.63) is 65.4 Å². The van der Waals surface area contributed by atoms with Crippen molar-refractivity contribution in [1.82, 2.24) is 14.8 Å². The van der Waals surface area contributed by atoms with Crippen LogP contribution in [0.5, 0.6) is 11.5 Å². The molecule has 0 amide bonds. The van der Waals surface area contributed by atoms with Gasteiger partial charge in [-0.25, -0.2) is 8.78 Å². The number of aliphatic hydroxyl groups is 1. The Morgan fingerprint density at radius 1 is 1.05 bits per heavy atom. The number of aliphatic hydroxyl groups excluding tert-OH is 1. The van der Waals surface area contributed by atoms with E-state index in [4.69, 9.17) is 14.2 Å². The Morgan fingerprint density at radius 3 is 2.44 bits per heavy atom. The molecule has 1 aromatic heterocycles. The number of halogens is 2. The molecule has 1 atom stereocenters. The quantitative estimate of drug-likeness (QED) is 0.313. The normalized spacial score (nSPS) is 18.4. The second kappa shape index (κ2) is 13.9. The molecule has 0 aliphatic carbocycles. The highest BCUT2D eigenvalue weighted by Crippen LogP contribution is 2.40. The molecule has 2 N–H and O–H groups in total. The number of aromatic nitrogens is 1. The SMILES string of the molecule is COc1ccc2ncc(CN3CCOCC3)c([C@H](O)CCC3(C(=O)O)CCN(CCOc4cc(F)cc(F)c4)CC3)c2c1. The van der Waals surface area contributed by atoms with Gasteiger partial charge in [0.1, 0.15) is 29.7 Å². The summed E-state index contributed by atoms with van der Waals surface area (Å²) in [5.41, 5.74) is 1.45. The average molecular weight is 600 g/mol. The van der Waals surface area contributed by atoms with E-state index in [0.29, 0.717) is 64.4 Å². The molecule has 43 heavy (non-hydrogen) atoms. The molecule has 2 aliphatic rings. The van der Waals surface area contributed by atoms with Crippen LogP contribution in [0.1, 0.15) is 42.9 Å². The van der Waals surface area contributed by atoms with Crippen molar-refractivity contribution < 1.29 is 38.0 Å². The van der Waals surface area contributed by atoms with Crippen LogP contribution < -0.4 is 9.47 Å². The van der Waals surface area contributed by atoms with E-state index in [0.717, 1.165) is 53.3 Å². The van der Waals surface area contributed by atoms with E-state index in [9.17, 15) is 23.8 Å². The number of aliphatic carboxylic acids is 1. The molecule has 0 radical (unpaired) electrons. The maximum Gasteiger partial charge on any atom is 0.309 e. The summed E-state index contributed by atoms with van der Waals surface area (Å²) < 4.78 is 43.3. The first-order valence-corrected chi connectivity index (χ1v) is 14.7. The summed E-state index contributed by atoms with van der Waals surface area (Å²) in [7, 11) is 1.60. The zero-order chi connectivity index (χ0) is 30.4. The van der Waals surface area contributed by atoms with Crippen molar-refractivity contribution in [3.63, 3.8) is 0 Å². The second-order valence-corrected chi connectivity index (χ2v) is 11.4. The number of piperidine rings is 1. The van der Waals surface area contributed by atoms with Crippen LogP contribution in [0.15, 0.2) is 42.6 Å². The number of morpholine rings is 1. The van der Waals surface area contributed by atoms with Crippen LogP contribution in [0.2, 0.25) is 0 Å². The van der Waals surface area contributed by atoms with Crippen molar-refractivity contribution in [1.29, 1.82) is 0 Å². The van der Waals surface area contributed by atoms with Gasteiger partial charge in [-0.05, 0) is 68.1 Å². The van der Waals surface area contributed by atoms with Gasteiger partial charge in [0.25, 0.3) is 0 Å². The number of nitrogens with zero attached hydrogens (tertiary/aromatic N) is 3. The molecule has 0 spiro atoms. The van der Waals surface area contributed by atoms with Crippen molar-refractivity contribution in [3.8, 4) is 11.5 Å². The van der Waals surface area contributed by atoms with Gasteiger partial charge in [0.05, 0.1) is 37.4 Å². The summed E-state index contributed by atoms with van der Waals surface area (Å²) in [4.78, 5) is 21.6. The summed E-state index contributed by atoms with van der Waals surface area (Å²) >= 11 is 0. The van der Waals surface area contributed by atoms with Gasteiger partial charge in [-0.2, -0.15) is 0 Å². The standard InChI is InChI=1S/C32H39F2N3O6/c1-41-25-2-3-28-27(19-25)30(22(20-35-28)21-37-10-13-42-14-11-37)29(38)4-5-32(31(39)40)6-8-36(9-7-32)12-15-43-26-17-23(33)16-24(34)18-26/h2-3,16-20,29,38H,4-15,21H2,1H3,(H,39,40)/t29-/m1/s1. The summed E-state index contributed by atoms with van der Waals surface area (Å²) in [5.74, 6) is -1.48. The molecule has 0 unspecified atom stereocenters. The van der Waals surface area contributed by atoms with Gasteiger partial charge in [0.15, 0.2) is 0 Å². The van der Waals surface area contributed by atoms with Crippen molar-refractivity contribution in [2.24, 2.45) is 5.41 Å². The molecule has 11 heteroatoms. The molecule has 0 bridgehead atoms. The lowest BCUT2D eigenvalue weighted by molar-refractivity contribution is -0.153. The minimum atomic E-state index is -0.963. The van der Waals surface area contributed by atoms with Crippen LogP contribution in [0.4, 0.5) is 8.78 Å². The Bertz CT molecular complexity index is 1390. The molecule has 9 nitrogen and oxygen atoms in total. The fraction of sp³-hybridized carbons (Fsp3) is 0.500. The van der Waals surface area contributed by atoms with E-state index in [1.807, 2.05) is 24.4 Å². The van der Waals surface area contributed by atoms with Crippen LogP contribution >= 0.6 is 0 Å². The molecule has 2 aromatic carbocycles. The van der Waals surface area contributed by atoms with Crippen molar-refractivity contribution >= 4 is 16.9 Å². The first kappa shape index (κ1) is 31.1. The van der Waals surface area contributed by atoms with Gasteiger partial charge in [0.2, 0.25) is 0 Å². The first-order valence-electron chi connectivity index (χ1n) is 14.7.